The Morgan fingerprint density at radius 1 is 1.78 bits per heavy atom. The number of carboxylic acid groups (broad SMARTS) is 1. The maximum absolute atomic E-state index is 10.0. The minimum absolute atomic E-state index is 0.0160. The Labute approximate surface area is 58.1 Å². The van der Waals surface area contributed by atoms with E-state index >= 15 is 0 Å². The lowest BCUT2D eigenvalue weighted by Gasteiger charge is -2.00. The van der Waals surface area contributed by atoms with Gasteiger partial charge in [0.15, 0.2) is 0 Å². The average Bonchev–Trinajstić information content (AvgIpc) is 1.82. The van der Waals surface area contributed by atoms with E-state index in [9.17, 15) is 9.90 Å². The standard InChI is InChI=1S/C5H8ClNO2/c6-3-4(1-2-7)5(8)9/h1H,2-3,7H2,(H,8,9)/b4-1+. The Hall–Kier alpha value is -0.540. The number of quaternary nitrogens is 1. The van der Waals surface area contributed by atoms with Gasteiger partial charge in [0.2, 0.25) is 0 Å². The molecule has 0 amide bonds. The van der Waals surface area contributed by atoms with Crippen LogP contribution in [0, 0.1) is 0 Å². The molecule has 0 atom stereocenters. The number of alkyl halides is 1. The van der Waals surface area contributed by atoms with Crippen molar-refractivity contribution in [2.24, 2.45) is 0 Å². The molecular formula is C5H8ClNO2. The summed E-state index contributed by atoms with van der Waals surface area (Å²) in [7, 11) is 0. The van der Waals surface area contributed by atoms with E-state index in [1.165, 1.54) is 6.08 Å². The van der Waals surface area contributed by atoms with Crippen LogP contribution in [0.15, 0.2) is 11.6 Å². The molecule has 3 N–H and O–H groups in total. The Balaban J connectivity index is 3.98. The lowest BCUT2D eigenvalue weighted by molar-refractivity contribution is -0.353. The smallest absolute Gasteiger partial charge is 0.0933 e. The zero-order chi connectivity index (χ0) is 7.28. The van der Waals surface area contributed by atoms with E-state index in [0.29, 0.717) is 6.54 Å². The number of aliphatic carboxylic acids is 1. The van der Waals surface area contributed by atoms with Gasteiger partial charge < -0.3 is 15.6 Å². The summed E-state index contributed by atoms with van der Waals surface area (Å²) in [5, 5.41) is 10.0. The highest BCUT2D eigenvalue weighted by Gasteiger charge is 1.93. The number of hydrogen-bond acceptors (Lipinski definition) is 2. The van der Waals surface area contributed by atoms with Gasteiger partial charge in [-0.3, -0.25) is 0 Å². The molecule has 0 heterocycles. The summed E-state index contributed by atoms with van der Waals surface area (Å²) in [5.74, 6) is -1.23. The molecule has 0 bridgehead atoms. The van der Waals surface area contributed by atoms with Gasteiger partial charge in [-0.1, -0.05) is 0 Å². The molecule has 0 fully saturated rings. The van der Waals surface area contributed by atoms with Crippen LogP contribution < -0.4 is 10.8 Å². The zero-order valence-corrected chi connectivity index (χ0v) is 5.65. The maximum atomic E-state index is 10.0. The summed E-state index contributed by atoms with van der Waals surface area (Å²) >= 11 is 5.22. The predicted molar refractivity (Wildman–Crippen MR) is 31.6 cm³/mol. The normalized spacial score (nSPS) is 11.6. The Morgan fingerprint density at radius 2 is 2.33 bits per heavy atom. The van der Waals surface area contributed by atoms with Crippen LogP contribution in [0.2, 0.25) is 0 Å². The van der Waals surface area contributed by atoms with Crippen LogP contribution >= 0.6 is 11.6 Å². The second-order valence-corrected chi connectivity index (χ2v) is 1.71. The fourth-order valence-electron chi connectivity index (χ4n) is 0.367. The first-order valence-corrected chi connectivity index (χ1v) is 3.01. The van der Waals surface area contributed by atoms with Crippen LogP contribution in [-0.4, -0.2) is 18.4 Å². The summed E-state index contributed by atoms with van der Waals surface area (Å²) in [5.41, 5.74) is 3.53. The third-order valence-electron chi connectivity index (χ3n) is 0.797. The number of rotatable bonds is 3. The van der Waals surface area contributed by atoms with Gasteiger partial charge in [-0.25, -0.2) is 0 Å². The van der Waals surface area contributed by atoms with Crippen LogP contribution in [-0.2, 0) is 4.79 Å². The quantitative estimate of drug-likeness (QED) is 0.378. The van der Waals surface area contributed by atoms with E-state index in [2.05, 4.69) is 5.73 Å². The van der Waals surface area contributed by atoms with Gasteiger partial charge in [0.05, 0.1) is 12.5 Å². The number of carbonyl (C=O) groups is 1. The van der Waals surface area contributed by atoms with E-state index in [1.54, 1.807) is 0 Å². The largest absolute Gasteiger partial charge is 0.545 e. The van der Waals surface area contributed by atoms with Crippen molar-refractivity contribution >= 4 is 17.6 Å². The first kappa shape index (κ1) is 8.46. The second-order valence-electron chi connectivity index (χ2n) is 1.44. The van der Waals surface area contributed by atoms with Crippen molar-refractivity contribution in [1.82, 2.24) is 0 Å². The Morgan fingerprint density at radius 3 is 2.44 bits per heavy atom. The molecule has 0 radical (unpaired) electrons. The van der Waals surface area contributed by atoms with E-state index in [0.717, 1.165) is 0 Å². The number of carbonyl (C=O) groups excluding carboxylic acids is 1. The van der Waals surface area contributed by atoms with E-state index in [1.807, 2.05) is 0 Å². The molecular weight excluding hydrogens is 142 g/mol. The van der Waals surface area contributed by atoms with E-state index < -0.39 is 5.97 Å². The van der Waals surface area contributed by atoms with Crippen LogP contribution in [0.25, 0.3) is 0 Å². The first-order valence-electron chi connectivity index (χ1n) is 2.48. The van der Waals surface area contributed by atoms with Crippen molar-refractivity contribution in [3.05, 3.63) is 11.6 Å². The molecule has 0 aromatic rings. The Bertz CT molecular complexity index is 133. The molecule has 3 nitrogen and oxygen atoms in total. The van der Waals surface area contributed by atoms with Crippen LogP contribution in [0.3, 0.4) is 0 Å². The summed E-state index contributed by atoms with van der Waals surface area (Å²) in [6, 6.07) is 0. The van der Waals surface area contributed by atoms with Gasteiger partial charge in [0.1, 0.15) is 0 Å². The van der Waals surface area contributed by atoms with Crippen molar-refractivity contribution in [3.63, 3.8) is 0 Å². The summed E-state index contributed by atoms with van der Waals surface area (Å²) in [4.78, 5) is 10.0. The van der Waals surface area contributed by atoms with Gasteiger partial charge in [-0.05, 0) is 11.6 Å². The monoisotopic (exact) mass is 149 g/mol. The fourth-order valence-corrected chi connectivity index (χ4v) is 0.585. The third kappa shape index (κ3) is 3.11. The van der Waals surface area contributed by atoms with Crippen LogP contribution in [0.1, 0.15) is 0 Å². The number of carboxylic acids is 1. The van der Waals surface area contributed by atoms with Crippen molar-refractivity contribution in [1.29, 1.82) is 0 Å². The average molecular weight is 150 g/mol. The molecule has 0 aromatic heterocycles. The van der Waals surface area contributed by atoms with Crippen molar-refractivity contribution in [3.8, 4) is 0 Å². The molecule has 0 aliphatic heterocycles. The van der Waals surface area contributed by atoms with Crippen molar-refractivity contribution < 1.29 is 15.6 Å². The van der Waals surface area contributed by atoms with Gasteiger partial charge in [-0.2, -0.15) is 0 Å². The van der Waals surface area contributed by atoms with Crippen molar-refractivity contribution in [2.75, 3.05) is 12.4 Å². The van der Waals surface area contributed by atoms with Gasteiger partial charge in [0.25, 0.3) is 0 Å². The maximum Gasteiger partial charge on any atom is 0.0933 e. The van der Waals surface area contributed by atoms with Crippen LogP contribution in [0.5, 0.6) is 0 Å². The Kier molecular flexibility index (Phi) is 4.09. The predicted octanol–water partition coefficient (Wildman–Crippen LogP) is -1.86. The van der Waals surface area contributed by atoms with E-state index in [4.69, 9.17) is 11.6 Å². The highest BCUT2D eigenvalue weighted by molar-refractivity contribution is 6.21. The summed E-state index contributed by atoms with van der Waals surface area (Å²) < 4.78 is 0. The molecule has 0 aromatic carbocycles. The van der Waals surface area contributed by atoms with Gasteiger partial charge in [-0.15, -0.1) is 11.6 Å². The van der Waals surface area contributed by atoms with E-state index in [-0.39, 0.29) is 11.5 Å². The van der Waals surface area contributed by atoms with Crippen LogP contribution in [0.4, 0.5) is 0 Å². The molecule has 0 spiro atoms. The lowest BCUT2D eigenvalue weighted by Crippen LogP contribution is -2.49. The lowest BCUT2D eigenvalue weighted by atomic mass is 10.3. The summed E-state index contributed by atoms with van der Waals surface area (Å²) in [6.45, 7) is 0.427. The molecule has 0 aliphatic rings. The van der Waals surface area contributed by atoms with Gasteiger partial charge in [0, 0.05) is 5.88 Å². The SMILES string of the molecule is [NH3+]C/C=C(\CCl)C(=O)[O-]. The fraction of sp³-hybridized carbons (Fsp3) is 0.400. The molecule has 0 saturated carbocycles. The molecule has 4 heteroatoms. The first-order chi connectivity index (χ1) is 4.22. The molecule has 9 heavy (non-hydrogen) atoms. The molecule has 52 valence electrons. The molecule has 0 saturated heterocycles. The molecule has 0 rings (SSSR count). The summed E-state index contributed by atoms with van der Waals surface area (Å²) in [6.07, 6.45) is 1.43. The molecule has 0 aliphatic carbocycles. The third-order valence-corrected chi connectivity index (χ3v) is 1.08. The van der Waals surface area contributed by atoms with Gasteiger partial charge >= 0.3 is 0 Å². The zero-order valence-electron chi connectivity index (χ0n) is 4.89. The number of halogens is 1. The second kappa shape index (κ2) is 4.35. The topological polar surface area (TPSA) is 67.8 Å². The number of hydrogen-bond donors (Lipinski definition) is 1. The minimum Gasteiger partial charge on any atom is -0.545 e. The van der Waals surface area contributed by atoms with Crippen molar-refractivity contribution in [2.45, 2.75) is 0 Å². The highest BCUT2D eigenvalue weighted by atomic mass is 35.5. The highest BCUT2D eigenvalue weighted by Crippen LogP contribution is 1.93. The molecule has 0 unspecified atom stereocenters. The minimum atomic E-state index is -1.21.